The third-order valence-corrected chi connectivity index (χ3v) is 5.80. The van der Waals surface area contributed by atoms with E-state index < -0.39 is 11.6 Å². The summed E-state index contributed by atoms with van der Waals surface area (Å²) >= 11 is 0. The van der Waals surface area contributed by atoms with Gasteiger partial charge in [-0.2, -0.15) is 0 Å². The van der Waals surface area contributed by atoms with Crippen LogP contribution in [0.4, 0.5) is 20.3 Å². The van der Waals surface area contributed by atoms with Gasteiger partial charge >= 0.3 is 0 Å². The van der Waals surface area contributed by atoms with E-state index in [4.69, 9.17) is 0 Å². The third-order valence-electron chi connectivity index (χ3n) is 5.80. The predicted molar refractivity (Wildman–Crippen MR) is 108 cm³/mol. The van der Waals surface area contributed by atoms with E-state index in [-0.39, 0.29) is 5.91 Å². The molecule has 0 aliphatic carbocycles. The molecule has 0 N–H and O–H groups in total. The average Bonchev–Trinajstić information content (AvgIpc) is 2.75. The highest BCUT2D eigenvalue weighted by atomic mass is 19.2. The van der Waals surface area contributed by atoms with E-state index in [1.165, 1.54) is 6.33 Å². The summed E-state index contributed by atoms with van der Waals surface area (Å²) in [6.07, 6.45) is 3.91. The van der Waals surface area contributed by atoms with E-state index in [0.717, 1.165) is 35.6 Å². The van der Waals surface area contributed by atoms with Crippen LogP contribution >= 0.6 is 0 Å². The maximum atomic E-state index is 13.9. The van der Waals surface area contributed by atoms with Crippen LogP contribution in [0.15, 0.2) is 30.7 Å². The molecule has 0 bridgehead atoms. The van der Waals surface area contributed by atoms with Crippen LogP contribution in [0.1, 0.15) is 11.3 Å². The molecule has 5 rings (SSSR count). The van der Waals surface area contributed by atoms with Gasteiger partial charge in [-0.05, 0) is 17.7 Å². The molecule has 1 saturated heterocycles. The van der Waals surface area contributed by atoms with Gasteiger partial charge in [0.2, 0.25) is 5.91 Å². The largest absolute Gasteiger partial charge is 0.359 e. The first-order valence-corrected chi connectivity index (χ1v) is 9.81. The lowest BCUT2D eigenvalue weighted by molar-refractivity contribution is -0.129. The molecule has 9 heteroatoms. The van der Waals surface area contributed by atoms with E-state index in [1.54, 1.807) is 4.90 Å². The number of hydrogen-bond donors (Lipinski definition) is 0. The number of rotatable bonds is 2. The van der Waals surface area contributed by atoms with Crippen LogP contribution in [0.3, 0.4) is 0 Å². The molecule has 0 spiro atoms. The zero-order valence-corrected chi connectivity index (χ0v) is 16.5. The van der Waals surface area contributed by atoms with Gasteiger partial charge in [-0.1, -0.05) is 0 Å². The van der Waals surface area contributed by atoms with Crippen molar-refractivity contribution in [2.24, 2.45) is 0 Å². The Labute approximate surface area is 172 Å². The number of carbonyl (C=O) groups excluding carboxylic acids is 1. The Bertz CT molecular complexity index is 1150. The Hall–Kier alpha value is -3.36. The minimum Gasteiger partial charge on any atom is -0.359 e. The summed E-state index contributed by atoms with van der Waals surface area (Å²) in [5.41, 5.74) is 3.33. The van der Waals surface area contributed by atoms with Crippen molar-refractivity contribution in [1.82, 2.24) is 19.9 Å². The standard InChI is InChI=1S/C21H20F2N6O/c1-27-4-5-28(11-20(27)30)14-6-13-10-29(3-2-18(13)24-9-14)21-15-7-16(22)17(23)8-19(15)25-12-26-21/h6-9,12H,2-5,10-11H2,1H3. The summed E-state index contributed by atoms with van der Waals surface area (Å²) in [6, 6.07) is 4.31. The summed E-state index contributed by atoms with van der Waals surface area (Å²) < 4.78 is 27.5. The van der Waals surface area contributed by atoms with E-state index in [2.05, 4.69) is 21.0 Å². The van der Waals surface area contributed by atoms with Gasteiger partial charge in [0.25, 0.3) is 0 Å². The first-order valence-electron chi connectivity index (χ1n) is 9.81. The molecule has 2 aromatic heterocycles. The normalized spacial score (nSPS) is 16.9. The van der Waals surface area contributed by atoms with E-state index >= 15 is 0 Å². The lowest BCUT2D eigenvalue weighted by atomic mass is 10.0. The Morgan fingerprint density at radius 2 is 1.77 bits per heavy atom. The maximum Gasteiger partial charge on any atom is 0.241 e. The highest BCUT2D eigenvalue weighted by Crippen LogP contribution is 2.30. The number of aromatic nitrogens is 3. The van der Waals surface area contributed by atoms with Gasteiger partial charge in [0, 0.05) is 56.8 Å². The molecule has 30 heavy (non-hydrogen) atoms. The Balaban J connectivity index is 1.46. The van der Waals surface area contributed by atoms with Crippen molar-refractivity contribution in [2.75, 3.05) is 43.0 Å². The number of halogens is 2. The zero-order chi connectivity index (χ0) is 20.8. The molecular weight excluding hydrogens is 390 g/mol. The molecule has 1 aromatic carbocycles. The minimum absolute atomic E-state index is 0.0855. The van der Waals surface area contributed by atoms with Crippen LogP contribution in [0.5, 0.6) is 0 Å². The Morgan fingerprint density at radius 1 is 0.933 bits per heavy atom. The van der Waals surface area contributed by atoms with Gasteiger partial charge in [-0.25, -0.2) is 18.7 Å². The molecule has 4 heterocycles. The number of benzene rings is 1. The Kier molecular flexibility index (Phi) is 4.45. The molecule has 7 nitrogen and oxygen atoms in total. The van der Waals surface area contributed by atoms with Gasteiger partial charge < -0.3 is 14.7 Å². The van der Waals surface area contributed by atoms with Gasteiger partial charge in [0.1, 0.15) is 12.1 Å². The number of likely N-dealkylation sites (N-methyl/N-ethyl adjacent to an activating group) is 1. The quantitative estimate of drug-likeness (QED) is 0.645. The third kappa shape index (κ3) is 3.20. The molecule has 0 unspecified atom stereocenters. The van der Waals surface area contributed by atoms with Gasteiger partial charge in [-0.15, -0.1) is 0 Å². The SMILES string of the molecule is CN1CCN(c2cnc3c(c2)CN(c2ncnc4cc(F)c(F)cc24)CC3)CC1=O. The number of amides is 1. The number of fused-ring (bicyclic) bond motifs is 2. The van der Waals surface area contributed by atoms with Crippen molar-refractivity contribution in [1.29, 1.82) is 0 Å². The van der Waals surface area contributed by atoms with Gasteiger partial charge in [0.05, 0.1) is 23.9 Å². The molecule has 154 valence electrons. The van der Waals surface area contributed by atoms with E-state index in [1.807, 2.05) is 23.0 Å². The number of pyridine rings is 1. The fourth-order valence-corrected chi connectivity index (χ4v) is 4.04. The second-order valence-corrected chi connectivity index (χ2v) is 7.69. The van der Waals surface area contributed by atoms with Crippen LogP contribution in [-0.4, -0.2) is 59.0 Å². The molecule has 1 amide bonds. The molecule has 0 saturated carbocycles. The number of nitrogens with zero attached hydrogens (tertiary/aromatic N) is 6. The smallest absolute Gasteiger partial charge is 0.241 e. The van der Waals surface area contributed by atoms with Gasteiger partial charge in [-0.3, -0.25) is 9.78 Å². The van der Waals surface area contributed by atoms with Crippen molar-refractivity contribution in [3.63, 3.8) is 0 Å². The summed E-state index contributed by atoms with van der Waals surface area (Å²) in [6.45, 7) is 2.98. The average molecular weight is 410 g/mol. The first kappa shape index (κ1) is 18.7. The fraction of sp³-hybridized carbons (Fsp3) is 0.333. The summed E-state index contributed by atoms with van der Waals surface area (Å²) in [5.74, 6) is -1.18. The second-order valence-electron chi connectivity index (χ2n) is 7.69. The van der Waals surface area contributed by atoms with E-state index in [0.29, 0.717) is 49.3 Å². The number of carbonyl (C=O) groups is 1. The van der Waals surface area contributed by atoms with Crippen LogP contribution in [0.2, 0.25) is 0 Å². The summed E-state index contributed by atoms with van der Waals surface area (Å²) in [7, 11) is 1.81. The maximum absolute atomic E-state index is 13.9. The second kappa shape index (κ2) is 7.16. The summed E-state index contributed by atoms with van der Waals surface area (Å²) in [4.78, 5) is 30.9. The molecule has 2 aliphatic rings. The number of piperazine rings is 1. The van der Waals surface area contributed by atoms with Crippen molar-refractivity contribution in [3.05, 3.63) is 53.6 Å². The molecule has 2 aliphatic heterocycles. The molecule has 3 aromatic rings. The molecule has 0 atom stereocenters. The highest BCUT2D eigenvalue weighted by Gasteiger charge is 2.25. The topological polar surface area (TPSA) is 65.5 Å². The van der Waals surface area contributed by atoms with Crippen LogP contribution < -0.4 is 9.80 Å². The highest BCUT2D eigenvalue weighted by molar-refractivity contribution is 5.89. The predicted octanol–water partition coefficient (Wildman–Crippen LogP) is 2.14. The van der Waals surface area contributed by atoms with E-state index in [9.17, 15) is 13.6 Å². The van der Waals surface area contributed by atoms with Crippen molar-refractivity contribution < 1.29 is 13.6 Å². The molecule has 1 fully saturated rings. The van der Waals surface area contributed by atoms with Crippen molar-refractivity contribution in [3.8, 4) is 0 Å². The minimum atomic E-state index is -0.924. The van der Waals surface area contributed by atoms with Gasteiger partial charge in [0.15, 0.2) is 11.6 Å². The van der Waals surface area contributed by atoms with Crippen molar-refractivity contribution >= 4 is 28.3 Å². The Morgan fingerprint density at radius 3 is 2.60 bits per heavy atom. The first-order chi connectivity index (χ1) is 14.5. The lowest BCUT2D eigenvalue weighted by Crippen LogP contribution is -2.48. The lowest BCUT2D eigenvalue weighted by Gasteiger charge is -2.35. The van der Waals surface area contributed by atoms with Crippen molar-refractivity contribution in [2.45, 2.75) is 13.0 Å². The summed E-state index contributed by atoms with van der Waals surface area (Å²) in [5, 5.41) is 0.480. The molecule has 0 radical (unpaired) electrons. The number of hydrogen-bond acceptors (Lipinski definition) is 6. The monoisotopic (exact) mass is 410 g/mol. The fourth-order valence-electron chi connectivity index (χ4n) is 4.04. The van der Waals surface area contributed by atoms with Crippen LogP contribution in [0, 0.1) is 11.6 Å². The van der Waals surface area contributed by atoms with Crippen LogP contribution in [0.25, 0.3) is 10.9 Å². The number of anilines is 2. The zero-order valence-electron chi connectivity index (χ0n) is 16.5. The van der Waals surface area contributed by atoms with Crippen LogP contribution in [-0.2, 0) is 17.8 Å². The molecular formula is C21H20F2N6O.